The molecule has 0 aliphatic carbocycles. The van der Waals surface area contributed by atoms with Gasteiger partial charge in [0, 0.05) is 28.7 Å². The first kappa shape index (κ1) is 11.0. The zero-order valence-corrected chi connectivity index (χ0v) is 10.3. The van der Waals surface area contributed by atoms with Gasteiger partial charge in [-0.3, -0.25) is 0 Å². The Morgan fingerprint density at radius 1 is 1.25 bits per heavy atom. The number of alkyl halides is 1. The van der Waals surface area contributed by atoms with E-state index in [1.807, 2.05) is 24.3 Å². The molecular weight excluding hydrogens is 264 g/mol. The van der Waals surface area contributed by atoms with Gasteiger partial charge in [-0.2, -0.15) is 0 Å². The van der Waals surface area contributed by atoms with Crippen LogP contribution in [-0.2, 0) is 0 Å². The van der Waals surface area contributed by atoms with Crippen molar-refractivity contribution in [2.45, 2.75) is 6.42 Å². The molecule has 0 aliphatic heterocycles. The molecule has 2 nitrogen and oxygen atoms in total. The standard InChI is InChI=1S/C13H11BrN2/c14-8-4-3-5-10-9-16-13(15)12-7-2-1-6-11(10)12/h1-2,6-7,9H,4,8H2,(H2,15,16). The molecule has 3 heteroatoms. The van der Waals surface area contributed by atoms with Crippen LogP contribution in [-0.4, -0.2) is 10.3 Å². The van der Waals surface area contributed by atoms with Crippen molar-refractivity contribution in [1.82, 2.24) is 4.98 Å². The molecule has 0 spiro atoms. The van der Waals surface area contributed by atoms with Gasteiger partial charge in [0.05, 0.1) is 5.56 Å². The minimum atomic E-state index is 0.557. The van der Waals surface area contributed by atoms with Crippen molar-refractivity contribution in [3.8, 4) is 11.8 Å². The fourth-order valence-corrected chi connectivity index (χ4v) is 1.72. The maximum atomic E-state index is 5.81. The molecule has 0 saturated heterocycles. The molecule has 0 bridgehead atoms. The summed E-state index contributed by atoms with van der Waals surface area (Å²) in [5, 5.41) is 2.92. The average molecular weight is 275 g/mol. The minimum absolute atomic E-state index is 0.557. The van der Waals surface area contributed by atoms with E-state index in [1.54, 1.807) is 6.20 Å². The number of fused-ring (bicyclic) bond motifs is 1. The number of nitrogen functional groups attached to an aromatic ring is 1. The molecule has 2 N–H and O–H groups in total. The maximum absolute atomic E-state index is 5.81. The van der Waals surface area contributed by atoms with Crippen molar-refractivity contribution in [3.63, 3.8) is 0 Å². The number of aromatic nitrogens is 1. The Bertz CT molecular complexity index is 567. The van der Waals surface area contributed by atoms with E-state index in [4.69, 9.17) is 5.73 Å². The highest BCUT2D eigenvalue weighted by atomic mass is 79.9. The Morgan fingerprint density at radius 2 is 2.00 bits per heavy atom. The lowest BCUT2D eigenvalue weighted by molar-refractivity contribution is 1.31. The second-order valence-electron chi connectivity index (χ2n) is 3.34. The Morgan fingerprint density at radius 3 is 2.75 bits per heavy atom. The van der Waals surface area contributed by atoms with E-state index in [0.29, 0.717) is 5.82 Å². The van der Waals surface area contributed by atoms with Gasteiger partial charge in [0.1, 0.15) is 5.82 Å². The molecule has 0 saturated carbocycles. The number of halogens is 1. The van der Waals surface area contributed by atoms with Crippen molar-refractivity contribution in [2.75, 3.05) is 11.1 Å². The SMILES string of the molecule is Nc1ncc(C#CCCBr)c2ccccc12. The van der Waals surface area contributed by atoms with E-state index in [2.05, 4.69) is 32.8 Å². The van der Waals surface area contributed by atoms with Crippen molar-refractivity contribution in [2.24, 2.45) is 0 Å². The van der Waals surface area contributed by atoms with Crippen LogP contribution < -0.4 is 5.73 Å². The predicted molar refractivity (Wildman–Crippen MR) is 71.4 cm³/mol. The van der Waals surface area contributed by atoms with Crippen LogP contribution >= 0.6 is 15.9 Å². The third-order valence-corrected chi connectivity index (χ3v) is 2.66. The molecule has 0 unspecified atom stereocenters. The molecule has 0 fully saturated rings. The number of nitrogens with two attached hydrogens (primary N) is 1. The lowest BCUT2D eigenvalue weighted by Crippen LogP contribution is -1.93. The number of rotatable bonds is 1. The highest BCUT2D eigenvalue weighted by Gasteiger charge is 2.01. The fraction of sp³-hybridized carbons (Fsp3) is 0.154. The van der Waals surface area contributed by atoms with Gasteiger partial charge in [0.15, 0.2) is 0 Å². The molecule has 0 amide bonds. The predicted octanol–water partition coefficient (Wildman–Crippen LogP) is 2.95. The second kappa shape index (κ2) is 5.00. The van der Waals surface area contributed by atoms with Crippen LogP contribution in [0.25, 0.3) is 10.8 Å². The number of hydrogen-bond donors (Lipinski definition) is 1. The van der Waals surface area contributed by atoms with Gasteiger partial charge in [-0.05, 0) is 0 Å². The first-order valence-electron chi connectivity index (χ1n) is 5.01. The summed E-state index contributed by atoms with van der Waals surface area (Å²) in [5.41, 5.74) is 6.75. The topological polar surface area (TPSA) is 38.9 Å². The molecule has 1 aromatic heterocycles. The lowest BCUT2D eigenvalue weighted by Gasteiger charge is -2.02. The largest absolute Gasteiger partial charge is 0.383 e. The van der Waals surface area contributed by atoms with E-state index in [0.717, 1.165) is 28.1 Å². The zero-order valence-electron chi connectivity index (χ0n) is 8.70. The quantitative estimate of drug-likeness (QED) is 0.642. The highest BCUT2D eigenvalue weighted by Crippen LogP contribution is 2.21. The van der Waals surface area contributed by atoms with Crippen molar-refractivity contribution in [1.29, 1.82) is 0 Å². The Labute approximate surface area is 103 Å². The number of pyridine rings is 1. The summed E-state index contributed by atoms with van der Waals surface area (Å²) in [6.45, 7) is 0. The molecule has 0 aliphatic rings. The first-order valence-corrected chi connectivity index (χ1v) is 6.13. The van der Waals surface area contributed by atoms with E-state index in [-0.39, 0.29) is 0 Å². The van der Waals surface area contributed by atoms with Crippen molar-refractivity contribution >= 4 is 32.5 Å². The zero-order chi connectivity index (χ0) is 11.4. The van der Waals surface area contributed by atoms with Crippen molar-refractivity contribution in [3.05, 3.63) is 36.0 Å². The molecule has 2 aromatic rings. The van der Waals surface area contributed by atoms with Crippen LogP contribution in [0.1, 0.15) is 12.0 Å². The first-order chi connectivity index (χ1) is 7.83. The summed E-state index contributed by atoms with van der Waals surface area (Å²) in [6, 6.07) is 7.92. The Balaban J connectivity index is 2.56. The summed E-state index contributed by atoms with van der Waals surface area (Å²) in [4.78, 5) is 4.15. The molecule has 80 valence electrons. The van der Waals surface area contributed by atoms with Crippen LogP contribution in [0.5, 0.6) is 0 Å². The van der Waals surface area contributed by atoms with E-state index in [1.165, 1.54) is 0 Å². The normalized spacial score (nSPS) is 9.81. The van der Waals surface area contributed by atoms with E-state index in [9.17, 15) is 0 Å². The molecule has 1 heterocycles. The highest BCUT2D eigenvalue weighted by molar-refractivity contribution is 9.09. The van der Waals surface area contributed by atoms with Crippen molar-refractivity contribution < 1.29 is 0 Å². The molecule has 16 heavy (non-hydrogen) atoms. The maximum Gasteiger partial charge on any atom is 0.131 e. The number of nitrogens with zero attached hydrogens (tertiary/aromatic N) is 1. The van der Waals surface area contributed by atoms with Gasteiger partial charge >= 0.3 is 0 Å². The van der Waals surface area contributed by atoms with E-state index < -0.39 is 0 Å². The lowest BCUT2D eigenvalue weighted by atomic mass is 10.1. The van der Waals surface area contributed by atoms with Gasteiger partial charge in [0.2, 0.25) is 0 Å². The summed E-state index contributed by atoms with van der Waals surface area (Å²) in [7, 11) is 0. The second-order valence-corrected chi connectivity index (χ2v) is 4.14. The van der Waals surface area contributed by atoms with Gasteiger partial charge in [-0.25, -0.2) is 4.98 Å². The number of hydrogen-bond acceptors (Lipinski definition) is 2. The smallest absolute Gasteiger partial charge is 0.131 e. The third-order valence-electron chi connectivity index (χ3n) is 2.27. The molecule has 0 radical (unpaired) electrons. The monoisotopic (exact) mass is 274 g/mol. The number of anilines is 1. The Hall–Kier alpha value is -1.53. The van der Waals surface area contributed by atoms with Gasteiger partial charge in [0.25, 0.3) is 0 Å². The molecule has 0 atom stereocenters. The van der Waals surface area contributed by atoms with Crippen LogP contribution in [0.15, 0.2) is 30.5 Å². The third kappa shape index (κ3) is 2.17. The van der Waals surface area contributed by atoms with E-state index >= 15 is 0 Å². The molecule has 1 aromatic carbocycles. The van der Waals surface area contributed by atoms with Crippen LogP contribution in [0, 0.1) is 11.8 Å². The summed E-state index contributed by atoms with van der Waals surface area (Å²) >= 11 is 3.35. The summed E-state index contributed by atoms with van der Waals surface area (Å²) in [6.07, 6.45) is 2.57. The van der Waals surface area contributed by atoms with Crippen LogP contribution in [0.2, 0.25) is 0 Å². The number of benzene rings is 1. The minimum Gasteiger partial charge on any atom is -0.383 e. The van der Waals surface area contributed by atoms with Gasteiger partial charge in [-0.1, -0.05) is 52.0 Å². The summed E-state index contributed by atoms with van der Waals surface area (Å²) < 4.78 is 0. The Kier molecular flexibility index (Phi) is 3.43. The average Bonchev–Trinajstić information content (AvgIpc) is 2.33. The summed E-state index contributed by atoms with van der Waals surface area (Å²) in [5.74, 6) is 6.76. The van der Waals surface area contributed by atoms with Gasteiger partial charge < -0.3 is 5.73 Å². The van der Waals surface area contributed by atoms with Crippen LogP contribution in [0.4, 0.5) is 5.82 Å². The van der Waals surface area contributed by atoms with Gasteiger partial charge in [-0.15, -0.1) is 0 Å². The van der Waals surface area contributed by atoms with Crippen LogP contribution in [0.3, 0.4) is 0 Å². The molecular formula is C13H11BrN2. The molecule has 2 rings (SSSR count). The fourth-order valence-electron chi connectivity index (χ4n) is 1.52.